The predicted molar refractivity (Wildman–Crippen MR) is 76.4 cm³/mol. The fourth-order valence-corrected chi connectivity index (χ4v) is 2.24. The smallest absolute Gasteiger partial charge is 0.416 e. The molecule has 2 N–H and O–H groups in total. The first kappa shape index (κ1) is 16.5. The number of rotatable bonds is 1. The van der Waals surface area contributed by atoms with Crippen LogP contribution in [0.15, 0.2) is 18.2 Å². The molecule has 1 aromatic carbocycles. The van der Waals surface area contributed by atoms with E-state index in [1.165, 1.54) is 11.0 Å². The van der Waals surface area contributed by atoms with Crippen LogP contribution in [0.1, 0.15) is 37.8 Å². The van der Waals surface area contributed by atoms with Crippen LogP contribution in [-0.4, -0.2) is 29.7 Å². The topological polar surface area (TPSA) is 55.6 Å². The molecule has 4 nitrogen and oxygen atoms in total. The van der Waals surface area contributed by atoms with Gasteiger partial charge in [-0.25, -0.2) is 4.79 Å². The molecule has 0 spiro atoms. The maximum absolute atomic E-state index is 12.8. The van der Waals surface area contributed by atoms with Crippen molar-refractivity contribution in [3.8, 4) is 0 Å². The van der Waals surface area contributed by atoms with Gasteiger partial charge in [-0.05, 0) is 44.5 Å². The summed E-state index contributed by atoms with van der Waals surface area (Å²) >= 11 is 0. The molecule has 0 aromatic heterocycles. The molecule has 1 saturated heterocycles. The number of hydrogen-bond donors (Lipinski definition) is 1. The normalized spacial score (nSPS) is 16.4. The second-order valence-electron chi connectivity index (χ2n) is 6.47. The van der Waals surface area contributed by atoms with Gasteiger partial charge in [0.05, 0.1) is 5.56 Å². The van der Waals surface area contributed by atoms with Crippen LogP contribution in [0.5, 0.6) is 0 Å². The fourth-order valence-electron chi connectivity index (χ4n) is 2.24. The molecule has 0 unspecified atom stereocenters. The SMILES string of the molecule is CC(C)(C)OC(=O)N1CC(c2cc(N)cc(C(F)(F)F)c2)C1. The Morgan fingerprint density at radius 2 is 1.82 bits per heavy atom. The molecule has 1 fully saturated rings. The van der Waals surface area contributed by atoms with Crippen LogP contribution in [0, 0.1) is 0 Å². The van der Waals surface area contributed by atoms with Gasteiger partial charge in [0, 0.05) is 24.7 Å². The van der Waals surface area contributed by atoms with Gasteiger partial charge in [0.15, 0.2) is 0 Å². The van der Waals surface area contributed by atoms with E-state index in [0.717, 1.165) is 12.1 Å². The van der Waals surface area contributed by atoms with Crippen molar-refractivity contribution in [2.75, 3.05) is 18.8 Å². The summed E-state index contributed by atoms with van der Waals surface area (Å²) in [4.78, 5) is 13.3. The van der Waals surface area contributed by atoms with Crippen LogP contribution >= 0.6 is 0 Å². The number of hydrogen-bond acceptors (Lipinski definition) is 3. The molecule has 22 heavy (non-hydrogen) atoms. The van der Waals surface area contributed by atoms with Gasteiger partial charge in [0.1, 0.15) is 5.60 Å². The lowest BCUT2D eigenvalue weighted by Gasteiger charge is -2.40. The van der Waals surface area contributed by atoms with E-state index >= 15 is 0 Å². The summed E-state index contributed by atoms with van der Waals surface area (Å²) in [5.74, 6) is -0.155. The Morgan fingerprint density at radius 1 is 1.23 bits per heavy atom. The van der Waals surface area contributed by atoms with Crippen molar-refractivity contribution in [1.82, 2.24) is 4.90 Å². The Kier molecular flexibility index (Phi) is 4.02. The van der Waals surface area contributed by atoms with Gasteiger partial charge in [-0.3, -0.25) is 0 Å². The van der Waals surface area contributed by atoms with Gasteiger partial charge in [-0.15, -0.1) is 0 Å². The average Bonchev–Trinajstić information content (AvgIpc) is 2.21. The Bertz CT molecular complexity index is 573. The zero-order valence-corrected chi connectivity index (χ0v) is 12.7. The van der Waals surface area contributed by atoms with Gasteiger partial charge in [0.2, 0.25) is 0 Å². The number of likely N-dealkylation sites (tertiary alicyclic amines) is 1. The molecular formula is C15H19F3N2O2. The summed E-state index contributed by atoms with van der Waals surface area (Å²) in [5, 5.41) is 0. The minimum absolute atomic E-state index is 0.0699. The summed E-state index contributed by atoms with van der Waals surface area (Å²) in [5.41, 5.74) is 4.75. The Hall–Kier alpha value is -1.92. The van der Waals surface area contributed by atoms with Crippen LogP contribution in [-0.2, 0) is 10.9 Å². The fraction of sp³-hybridized carbons (Fsp3) is 0.533. The number of ether oxygens (including phenoxy) is 1. The molecular weight excluding hydrogens is 297 g/mol. The first-order chi connectivity index (χ1) is 9.95. The first-order valence-electron chi connectivity index (χ1n) is 6.91. The molecule has 122 valence electrons. The van der Waals surface area contributed by atoms with Crippen molar-refractivity contribution in [2.24, 2.45) is 0 Å². The van der Waals surface area contributed by atoms with E-state index in [1.807, 2.05) is 0 Å². The molecule has 0 saturated carbocycles. The molecule has 0 atom stereocenters. The second kappa shape index (κ2) is 5.37. The minimum atomic E-state index is -4.43. The zero-order valence-electron chi connectivity index (χ0n) is 12.7. The highest BCUT2D eigenvalue weighted by atomic mass is 19.4. The summed E-state index contributed by atoms with van der Waals surface area (Å²) in [6.07, 6.45) is -4.89. The van der Waals surface area contributed by atoms with E-state index in [-0.39, 0.29) is 11.6 Å². The highest BCUT2D eigenvalue weighted by molar-refractivity contribution is 5.69. The molecule has 1 aliphatic heterocycles. The maximum atomic E-state index is 12.8. The number of benzene rings is 1. The standard InChI is InChI=1S/C15H19F3N2O2/c1-14(2,3)22-13(21)20-7-10(8-20)9-4-11(15(16,17)18)6-12(19)5-9/h4-6,10H,7-8,19H2,1-3H3. The van der Waals surface area contributed by atoms with E-state index < -0.39 is 23.4 Å². The molecule has 1 aromatic rings. The van der Waals surface area contributed by atoms with E-state index in [1.54, 1.807) is 20.8 Å². The summed E-state index contributed by atoms with van der Waals surface area (Å²) < 4.78 is 43.6. The van der Waals surface area contributed by atoms with Gasteiger partial charge in [-0.1, -0.05) is 0 Å². The number of nitrogens with two attached hydrogens (primary N) is 1. The Labute approximate surface area is 127 Å². The van der Waals surface area contributed by atoms with E-state index in [0.29, 0.717) is 18.7 Å². The molecule has 0 aliphatic carbocycles. The van der Waals surface area contributed by atoms with Crippen LogP contribution in [0.25, 0.3) is 0 Å². The quantitative estimate of drug-likeness (QED) is 0.805. The number of carbonyl (C=O) groups excluding carboxylic acids is 1. The predicted octanol–water partition coefficient (Wildman–Crippen LogP) is 3.62. The van der Waals surface area contributed by atoms with Gasteiger partial charge in [-0.2, -0.15) is 13.2 Å². The lowest BCUT2D eigenvalue weighted by molar-refractivity contribution is -0.137. The number of amides is 1. The van der Waals surface area contributed by atoms with Crippen molar-refractivity contribution in [3.63, 3.8) is 0 Å². The summed E-state index contributed by atoms with van der Waals surface area (Å²) in [6.45, 7) is 5.94. The van der Waals surface area contributed by atoms with Crippen molar-refractivity contribution in [3.05, 3.63) is 29.3 Å². The number of halogens is 3. The lowest BCUT2D eigenvalue weighted by Crippen LogP contribution is -2.50. The Morgan fingerprint density at radius 3 is 2.32 bits per heavy atom. The zero-order chi connectivity index (χ0) is 16.7. The summed E-state index contributed by atoms with van der Waals surface area (Å²) in [7, 11) is 0. The molecule has 0 bridgehead atoms. The van der Waals surface area contributed by atoms with Crippen LogP contribution < -0.4 is 5.73 Å². The van der Waals surface area contributed by atoms with Crippen LogP contribution in [0.4, 0.5) is 23.7 Å². The van der Waals surface area contributed by atoms with Gasteiger partial charge >= 0.3 is 12.3 Å². The van der Waals surface area contributed by atoms with Crippen molar-refractivity contribution in [1.29, 1.82) is 0 Å². The number of nitrogen functional groups attached to an aromatic ring is 1. The first-order valence-corrected chi connectivity index (χ1v) is 6.91. The number of nitrogens with zero attached hydrogens (tertiary/aromatic N) is 1. The average molecular weight is 316 g/mol. The molecule has 7 heteroatoms. The molecule has 0 radical (unpaired) electrons. The number of anilines is 1. The minimum Gasteiger partial charge on any atom is -0.444 e. The second-order valence-corrected chi connectivity index (χ2v) is 6.47. The van der Waals surface area contributed by atoms with Crippen molar-refractivity contribution < 1.29 is 22.7 Å². The third kappa shape index (κ3) is 3.84. The Balaban J connectivity index is 2.05. The van der Waals surface area contributed by atoms with Crippen molar-refractivity contribution >= 4 is 11.8 Å². The highest BCUT2D eigenvalue weighted by Crippen LogP contribution is 2.35. The molecule has 2 rings (SSSR count). The van der Waals surface area contributed by atoms with E-state index in [9.17, 15) is 18.0 Å². The molecule has 1 heterocycles. The monoisotopic (exact) mass is 316 g/mol. The van der Waals surface area contributed by atoms with E-state index in [4.69, 9.17) is 10.5 Å². The van der Waals surface area contributed by atoms with Crippen LogP contribution in [0.3, 0.4) is 0 Å². The van der Waals surface area contributed by atoms with Crippen LogP contribution in [0.2, 0.25) is 0 Å². The third-order valence-electron chi connectivity index (χ3n) is 3.31. The van der Waals surface area contributed by atoms with Gasteiger partial charge in [0.25, 0.3) is 0 Å². The van der Waals surface area contributed by atoms with Crippen molar-refractivity contribution in [2.45, 2.75) is 38.5 Å². The van der Waals surface area contributed by atoms with Gasteiger partial charge < -0.3 is 15.4 Å². The van der Waals surface area contributed by atoms with E-state index in [2.05, 4.69) is 0 Å². The lowest BCUT2D eigenvalue weighted by atomic mass is 9.90. The highest BCUT2D eigenvalue weighted by Gasteiger charge is 2.37. The largest absolute Gasteiger partial charge is 0.444 e. The third-order valence-corrected chi connectivity index (χ3v) is 3.31. The number of carbonyl (C=O) groups is 1. The molecule has 1 amide bonds. The number of alkyl halides is 3. The summed E-state index contributed by atoms with van der Waals surface area (Å²) in [6, 6.07) is 3.52. The maximum Gasteiger partial charge on any atom is 0.416 e. The molecule has 1 aliphatic rings.